The van der Waals surface area contributed by atoms with Crippen LogP contribution in [0.25, 0.3) is 5.95 Å². The number of amides is 2. The highest BCUT2D eigenvalue weighted by Gasteiger charge is 2.13. The molecular weight excluding hydrogens is 348 g/mol. The fourth-order valence-electron chi connectivity index (χ4n) is 2.50. The molecule has 27 heavy (non-hydrogen) atoms. The molecule has 0 atom stereocenters. The van der Waals surface area contributed by atoms with Gasteiger partial charge in [-0.1, -0.05) is 12.1 Å². The molecule has 0 aliphatic rings. The van der Waals surface area contributed by atoms with Gasteiger partial charge in [0.25, 0.3) is 5.56 Å². The Labute approximate surface area is 155 Å². The molecule has 2 aromatic heterocycles. The van der Waals surface area contributed by atoms with Gasteiger partial charge in [0.05, 0.1) is 12.8 Å². The second kappa shape index (κ2) is 7.73. The van der Waals surface area contributed by atoms with Crippen molar-refractivity contribution >= 4 is 11.8 Å². The number of methoxy groups -OCH3 is 1. The lowest BCUT2D eigenvalue weighted by molar-refractivity contribution is 0.251. The smallest absolute Gasteiger partial charge is 0.320 e. The fraction of sp³-hybridized carbons (Fsp3) is 0.222. The van der Waals surface area contributed by atoms with E-state index in [-0.39, 0.29) is 11.5 Å². The number of H-pyrrole nitrogens is 1. The summed E-state index contributed by atoms with van der Waals surface area (Å²) in [6.45, 7) is 3.84. The first-order chi connectivity index (χ1) is 12.9. The first kappa shape index (κ1) is 18.2. The third-order valence-electron chi connectivity index (χ3n) is 3.74. The molecular formula is C18H20N6O3. The Kier molecular flexibility index (Phi) is 5.20. The fourth-order valence-corrected chi connectivity index (χ4v) is 2.50. The average molecular weight is 368 g/mol. The number of aryl methyl sites for hydroxylation is 2. The van der Waals surface area contributed by atoms with Gasteiger partial charge >= 0.3 is 6.03 Å². The largest absolute Gasteiger partial charge is 0.497 e. The Balaban J connectivity index is 1.71. The average Bonchev–Trinajstić information content (AvgIpc) is 3.00. The van der Waals surface area contributed by atoms with Gasteiger partial charge < -0.3 is 10.1 Å². The molecule has 2 amide bonds. The van der Waals surface area contributed by atoms with Crippen molar-refractivity contribution < 1.29 is 9.53 Å². The first-order valence-corrected chi connectivity index (χ1v) is 8.27. The van der Waals surface area contributed by atoms with E-state index < -0.39 is 6.03 Å². The lowest BCUT2D eigenvalue weighted by Gasteiger charge is -2.10. The number of rotatable bonds is 5. The van der Waals surface area contributed by atoms with Crippen molar-refractivity contribution in [2.24, 2.45) is 0 Å². The van der Waals surface area contributed by atoms with Crippen LogP contribution >= 0.6 is 0 Å². The second-order valence-electron chi connectivity index (χ2n) is 5.95. The normalized spacial score (nSPS) is 10.5. The number of aromatic nitrogens is 4. The molecule has 3 N–H and O–H groups in total. The molecule has 0 unspecified atom stereocenters. The minimum Gasteiger partial charge on any atom is -0.497 e. The Morgan fingerprint density at radius 3 is 2.59 bits per heavy atom. The number of urea groups is 1. The van der Waals surface area contributed by atoms with E-state index in [1.165, 1.54) is 10.7 Å². The Morgan fingerprint density at radius 2 is 1.93 bits per heavy atom. The predicted molar refractivity (Wildman–Crippen MR) is 100 cm³/mol. The maximum atomic E-state index is 12.3. The summed E-state index contributed by atoms with van der Waals surface area (Å²) >= 11 is 0. The molecule has 3 rings (SSSR count). The minimum atomic E-state index is -0.401. The van der Waals surface area contributed by atoms with Crippen molar-refractivity contribution in [2.45, 2.75) is 20.4 Å². The molecule has 3 aromatic rings. The summed E-state index contributed by atoms with van der Waals surface area (Å²) in [5.74, 6) is 1.38. The Morgan fingerprint density at radius 1 is 1.19 bits per heavy atom. The maximum Gasteiger partial charge on any atom is 0.320 e. The van der Waals surface area contributed by atoms with Crippen molar-refractivity contribution in [3.8, 4) is 11.7 Å². The topological polar surface area (TPSA) is 114 Å². The molecule has 9 nitrogen and oxygen atoms in total. The molecule has 140 valence electrons. The summed E-state index contributed by atoms with van der Waals surface area (Å²) in [7, 11) is 1.60. The number of carbonyl (C=O) groups excluding carboxylic acids is 1. The summed E-state index contributed by atoms with van der Waals surface area (Å²) in [5.41, 5.74) is 1.86. The highest BCUT2D eigenvalue weighted by molar-refractivity contribution is 5.88. The van der Waals surface area contributed by atoms with Crippen LogP contribution in [-0.4, -0.2) is 32.9 Å². The number of ether oxygens (including phenoxy) is 1. The molecule has 0 spiro atoms. The van der Waals surface area contributed by atoms with Crippen LogP contribution in [0.5, 0.6) is 5.75 Å². The van der Waals surface area contributed by atoms with Gasteiger partial charge in [-0.25, -0.2) is 9.78 Å². The zero-order chi connectivity index (χ0) is 19.4. The zero-order valence-electron chi connectivity index (χ0n) is 15.2. The number of benzene rings is 1. The van der Waals surface area contributed by atoms with Crippen LogP contribution in [0.3, 0.4) is 0 Å². The molecule has 0 saturated heterocycles. The third-order valence-corrected chi connectivity index (χ3v) is 3.74. The number of hydrogen-bond acceptors (Lipinski definition) is 5. The molecule has 1 aromatic carbocycles. The van der Waals surface area contributed by atoms with E-state index in [1.54, 1.807) is 27.0 Å². The van der Waals surface area contributed by atoms with E-state index >= 15 is 0 Å². The van der Waals surface area contributed by atoms with Crippen molar-refractivity contribution in [2.75, 3.05) is 12.4 Å². The summed E-state index contributed by atoms with van der Waals surface area (Å²) in [5, 5.41) is 9.78. The highest BCUT2D eigenvalue weighted by atomic mass is 16.5. The maximum absolute atomic E-state index is 12.3. The number of aromatic amines is 1. The molecule has 0 fully saturated rings. The minimum absolute atomic E-state index is 0.235. The molecule has 2 heterocycles. The van der Waals surface area contributed by atoms with Gasteiger partial charge in [0.15, 0.2) is 0 Å². The van der Waals surface area contributed by atoms with Gasteiger partial charge in [-0.05, 0) is 31.5 Å². The van der Waals surface area contributed by atoms with Crippen molar-refractivity contribution in [1.29, 1.82) is 0 Å². The van der Waals surface area contributed by atoms with Crippen LogP contribution in [0.2, 0.25) is 0 Å². The summed E-state index contributed by atoms with van der Waals surface area (Å²) in [6.07, 6.45) is 0. The van der Waals surface area contributed by atoms with Gasteiger partial charge in [0.2, 0.25) is 5.95 Å². The number of carbonyl (C=O) groups is 1. The van der Waals surface area contributed by atoms with E-state index in [9.17, 15) is 9.59 Å². The number of nitrogens with one attached hydrogen (secondary N) is 3. The zero-order valence-corrected chi connectivity index (χ0v) is 15.2. The van der Waals surface area contributed by atoms with Crippen molar-refractivity contribution in [3.63, 3.8) is 0 Å². The van der Waals surface area contributed by atoms with E-state index in [2.05, 4.69) is 25.7 Å². The lowest BCUT2D eigenvalue weighted by atomic mass is 10.2. The third kappa shape index (κ3) is 4.51. The Hall–Kier alpha value is -3.62. The van der Waals surface area contributed by atoms with Gasteiger partial charge in [0, 0.05) is 24.4 Å². The Bertz CT molecular complexity index is 1010. The van der Waals surface area contributed by atoms with Crippen LogP contribution in [0.4, 0.5) is 10.6 Å². The van der Waals surface area contributed by atoms with Gasteiger partial charge in [-0.15, -0.1) is 0 Å². The van der Waals surface area contributed by atoms with E-state index in [4.69, 9.17) is 4.74 Å². The van der Waals surface area contributed by atoms with Gasteiger partial charge in [-0.3, -0.25) is 15.1 Å². The summed E-state index contributed by atoms with van der Waals surface area (Å²) < 4.78 is 6.49. The molecule has 0 radical (unpaired) electrons. The van der Waals surface area contributed by atoms with Crippen molar-refractivity contribution in [1.82, 2.24) is 25.1 Å². The number of hydrogen-bond donors (Lipinski definition) is 3. The van der Waals surface area contributed by atoms with Gasteiger partial charge in [0.1, 0.15) is 11.6 Å². The number of nitrogens with zero attached hydrogens (tertiary/aromatic N) is 3. The molecule has 9 heteroatoms. The van der Waals surface area contributed by atoms with E-state index in [0.29, 0.717) is 23.8 Å². The van der Waals surface area contributed by atoms with Crippen LogP contribution in [0.15, 0.2) is 41.2 Å². The molecule has 0 bridgehead atoms. The first-order valence-electron chi connectivity index (χ1n) is 8.27. The van der Waals surface area contributed by atoms with Crippen LogP contribution in [0, 0.1) is 13.8 Å². The summed E-state index contributed by atoms with van der Waals surface area (Å²) in [6, 6.07) is 10.1. The van der Waals surface area contributed by atoms with Crippen LogP contribution in [-0.2, 0) is 6.54 Å². The monoisotopic (exact) mass is 368 g/mol. The lowest BCUT2D eigenvalue weighted by Crippen LogP contribution is -2.29. The number of anilines is 1. The highest BCUT2D eigenvalue weighted by Crippen LogP contribution is 2.14. The van der Waals surface area contributed by atoms with E-state index in [1.807, 2.05) is 24.3 Å². The van der Waals surface area contributed by atoms with E-state index in [0.717, 1.165) is 11.3 Å². The molecule has 0 aliphatic heterocycles. The van der Waals surface area contributed by atoms with Crippen molar-refractivity contribution in [3.05, 3.63) is 63.7 Å². The van der Waals surface area contributed by atoms with Gasteiger partial charge in [-0.2, -0.15) is 9.78 Å². The SMILES string of the molecule is COc1ccc(CNC(=O)Nc2cc(C)nn2-c2nc(C)cc(=O)[nH]2)cc1. The molecule has 0 aliphatic carbocycles. The summed E-state index contributed by atoms with van der Waals surface area (Å²) in [4.78, 5) is 30.8. The predicted octanol–water partition coefficient (Wildman–Crippen LogP) is 1.90. The van der Waals surface area contributed by atoms with Crippen LogP contribution < -0.4 is 20.9 Å². The standard InChI is InChI=1S/C18H20N6O3/c1-11-9-16(25)22-17(20-11)24-15(8-12(2)23-24)21-18(26)19-10-13-4-6-14(27-3)7-5-13/h4-9H,10H2,1-3H3,(H2,19,21,26)(H,20,22,25). The van der Waals surface area contributed by atoms with Crippen LogP contribution in [0.1, 0.15) is 17.0 Å². The second-order valence-corrected chi connectivity index (χ2v) is 5.95. The molecule has 0 saturated carbocycles. The quantitative estimate of drug-likeness (QED) is 0.636.